The van der Waals surface area contributed by atoms with Crippen molar-refractivity contribution in [3.05, 3.63) is 11.8 Å². The summed E-state index contributed by atoms with van der Waals surface area (Å²) >= 11 is 0. The van der Waals surface area contributed by atoms with Gasteiger partial charge in [0.05, 0.1) is 12.4 Å². The summed E-state index contributed by atoms with van der Waals surface area (Å²) < 4.78 is 40.0. The summed E-state index contributed by atoms with van der Waals surface area (Å²) in [4.78, 5) is 10.4. The molecule has 0 bridgehead atoms. The van der Waals surface area contributed by atoms with Crippen LogP contribution in [-0.2, 0) is 9.53 Å². The first-order valence-corrected chi connectivity index (χ1v) is 3.86. The summed E-state index contributed by atoms with van der Waals surface area (Å²) in [5, 5.41) is 0. The Morgan fingerprint density at radius 3 is 2.23 bits per heavy atom. The fourth-order valence-electron chi connectivity index (χ4n) is 0.659. The van der Waals surface area contributed by atoms with Crippen LogP contribution in [0.25, 0.3) is 0 Å². The second-order valence-corrected chi connectivity index (χ2v) is 2.26. The first-order valence-electron chi connectivity index (χ1n) is 3.86. The number of ketones is 1. The molecule has 0 radical (unpaired) electrons. The zero-order chi connectivity index (χ0) is 10.5. The molecule has 0 saturated heterocycles. The molecule has 0 aromatic heterocycles. The molecule has 0 aliphatic rings. The van der Waals surface area contributed by atoms with Gasteiger partial charge in [-0.2, -0.15) is 13.2 Å². The van der Waals surface area contributed by atoms with Gasteiger partial charge < -0.3 is 4.74 Å². The summed E-state index contributed by atoms with van der Waals surface area (Å²) in [6.45, 7) is 3.51. The predicted molar refractivity (Wildman–Crippen MR) is 41.1 cm³/mol. The van der Waals surface area contributed by atoms with Crippen molar-refractivity contribution in [3.63, 3.8) is 0 Å². The van der Waals surface area contributed by atoms with E-state index < -0.39 is 12.0 Å². The molecular formula is C8H11F3O2. The first-order chi connectivity index (χ1) is 5.91. The molecule has 5 heteroatoms. The second kappa shape index (κ2) is 4.89. The van der Waals surface area contributed by atoms with Gasteiger partial charge in [-0.25, -0.2) is 0 Å². The van der Waals surface area contributed by atoms with Gasteiger partial charge in [-0.05, 0) is 6.92 Å². The van der Waals surface area contributed by atoms with Crippen LogP contribution in [0.15, 0.2) is 11.8 Å². The fourth-order valence-corrected chi connectivity index (χ4v) is 0.659. The third-order valence-electron chi connectivity index (χ3n) is 1.25. The van der Waals surface area contributed by atoms with Crippen molar-refractivity contribution in [1.29, 1.82) is 0 Å². The quantitative estimate of drug-likeness (QED) is 0.510. The molecule has 0 atom stereocenters. The molecule has 0 amide bonds. The molecule has 0 spiro atoms. The fraction of sp³-hybridized carbons (Fsp3) is 0.625. The van der Waals surface area contributed by atoms with Crippen molar-refractivity contribution in [1.82, 2.24) is 0 Å². The Morgan fingerprint density at radius 1 is 1.38 bits per heavy atom. The SMILES string of the molecule is CCO/C(=C/C(=O)C(F)(F)F)CC. The molecular weight excluding hydrogens is 185 g/mol. The molecule has 0 unspecified atom stereocenters. The van der Waals surface area contributed by atoms with Crippen LogP contribution in [0.4, 0.5) is 13.2 Å². The Labute approximate surface area is 74.4 Å². The minimum Gasteiger partial charge on any atom is -0.498 e. The summed E-state index contributed by atoms with van der Waals surface area (Å²) in [5.41, 5.74) is 0. The first kappa shape index (κ1) is 12.0. The van der Waals surface area contributed by atoms with Crippen LogP contribution in [0.3, 0.4) is 0 Å². The molecule has 0 aromatic rings. The van der Waals surface area contributed by atoms with E-state index in [1.807, 2.05) is 0 Å². The minimum absolute atomic E-state index is 0.0600. The Bertz CT molecular complexity index is 206. The van der Waals surface area contributed by atoms with E-state index in [4.69, 9.17) is 4.74 Å². The van der Waals surface area contributed by atoms with E-state index in [0.717, 1.165) is 0 Å². The van der Waals surface area contributed by atoms with Gasteiger partial charge in [0.2, 0.25) is 0 Å². The van der Waals surface area contributed by atoms with Crippen LogP contribution < -0.4 is 0 Å². The lowest BCUT2D eigenvalue weighted by Gasteiger charge is -2.06. The van der Waals surface area contributed by atoms with E-state index in [-0.39, 0.29) is 18.8 Å². The highest BCUT2D eigenvalue weighted by Gasteiger charge is 2.36. The van der Waals surface area contributed by atoms with Crippen molar-refractivity contribution < 1.29 is 22.7 Å². The second-order valence-electron chi connectivity index (χ2n) is 2.26. The Balaban J connectivity index is 4.42. The van der Waals surface area contributed by atoms with Crippen molar-refractivity contribution in [2.45, 2.75) is 26.4 Å². The van der Waals surface area contributed by atoms with Crippen molar-refractivity contribution >= 4 is 5.78 Å². The van der Waals surface area contributed by atoms with Gasteiger partial charge in [-0.3, -0.25) is 4.79 Å². The molecule has 0 aliphatic heterocycles. The number of halogens is 3. The van der Waals surface area contributed by atoms with Gasteiger partial charge in [0, 0.05) is 12.5 Å². The van der Waals surface area contributed by atoms with E-state index in [1.165, 1.54) is 0 Å². The number of carbonyl (C=O) groups excluding carboxylic acids is 1. The maximum atomic E-state index is 11.7. The molecule has 13 heavy (non-hydrogen) atoms. The number of ether oxygens (including phenoxy) is 1. The van der Waals surface area contributed by atoms with Gasteiger partial charge in [0.15, 0.2) is 0 Å². The molecule has 0 aliphatic carbocycles. The van der Waals surface area contributed by atoms with Gasteiger partial charge in [0.1, 0.15) is 0 Å². The summed E-state index contributed by atoms with van der Waals surface area (Å²) in [7, 11) is 0. The average Bonchev–Trinajstić information content (AvgIpc) is 2.01. The zero-order valence-corrected chi connectivity index (χ0v) is 7.44. The lowest BCUT2D eigenvalue weighted by molar-refractivity contribution is -0.165. The van der Waals surface area contributed by atoms with Crippen molar-refractivity contribution in [2.24, 2.45) is 0 Å². The number of hydrogen-bond donors (Lipinski definition) is 0. The van der Waals surface area contributed by atoms with Gasteiger partial charge in [0.25, 0.3) is 5.78 Å². The summed E-state index contributed by atoms with van der Waals surface area (Å²) in [6, 6.07) is 0. The molecule has 0 rings (SSSR count). The number of carbonyl (C=O) groups is 1. The largest absolute Gasteiger partial charge is 0.498 e. The van der Waals surface area contributed by atoms with Crippen LogP contribution in [0.5, 0.6) is 0 Å². The topological polar surface area (TPSA) is 26.3 Å². The normalized spacial score (nSPS) is 12.8. The van der Waals surface area contributed by atoms with Crippen molar-refractivity contribution in [2.75, 3.05) is 6.61 Å². The zero-order valence-electron chi connectivity index (χ0n) is 7.44. The highest BCUT2D eigenvalue weighted by molar-refractivity contribution is 5.94. The summed E-state index contributed by atoms with van der Waals surface area (Å²) in [5.74, 6) is -1.82. The molecule has 0 fully saturated rings. The van der Waals surface area contributed by atoms with E-state index in [9.17, 15) is 18.0 Å². The van der Waals surface area contributed by atoms with Crippen LogP contribution in [0.2, 0.25) is 0 Å². The molecule has 0 heterocycles. The Morgan fingerprint density at radius 2 is 1.92 bits per heavy atom. The highest BCUT2D eigenvalue weighted by atomic mass is 19.4. The van der Waals surface area contributed by atoms with E-state index >= 15 is 0 Å². The Kier molecular flexibility index (Phi) is 4.51. The third kappa shape index (κ3) is 4.55. The van der Waals surface area contributed by atoms with Gasteiger partial charge >= 0.3 is 6.18 Å². The minimum atomic E-state index is -4.81. The number of allylic oxidation sites excluding steroid dienone is 2. The third-order valence-corrected chi connectivity index (χ3v) is 1.25. The standard InChI is InChI=1S/C8H11F3O2/c1-3-6(13-4-2)5-7(12)8(9,10)11/h5H,3-4H2,1-2H3/b6-5+. The van der Waals surface area contributed by atoms with Gasteiger partial charge in [-0.1, -0.05) is 6.92 Å². The van der Waals surface area contributed by atoms with Crippen LogP contribution in [0.1, 0.15) is 20.3 Å². The number of rotatable bonds is 4. The van der Waals surface area contributed by atoms with E-state index in [0.29, 0.717) is 6.08 Å². The predicted octanol–water partition coefficient (Wildman–Crippen LogP) is 2.45. The lowest BCUT2D eigenvalue weighted by Crippen LogP contribution is -2.20. The molecule has 0 N–H and O–H groups in total. The molecule has 76 valence electrons. The van der Waals surface area contributed by atoms with E-state index in [1.54, 1.807) is 13.8 Å². The molecule has 2 nitrogen and oxygen atoms in total. The molecule has 0 saturated carbocycles. The number of alkyl halides is 3. The monoisotopic (exact) mass is 196 g/mol. The van der Waals surface area contributed by atoms with Crippen LogP contribution in [0, 0.1) is 0 Å². The maximum Gasteiger partial charge on any atom is 0.454 e. The lowest BCUT2D eigenvalue weighted by atomic mass is 10.3. The highest BCUT2D eigenvalue weighted by Crippen LogP contribution is 2.18. The van der Waals surface area contributed by atoms with Crippen LogP contribution >= 0.6 is 0 Å². The van der Waals surface area contributed by atoms with E-state index in [2.05, 4.69) is 0 Å². The van der Waals surface area contributed by atoms with Crippen LogP contribution in [-0.4, -0.2) is 18.6 Å². The van der Waals surface area contributed by atoms with Gasteiger partial charge in [-0.15, -0.1) is 0 Å². The Hall–Kier alpha value is -1.00. The maximum absolute atomic E-state index is 11.7. The summed E-state index contributed by atoms with van der Waals surface area (Å²) in [6.07, 6.45) is -4.04. The molecule has 0 aromatic carbocycles. The van der Waals surface area contributed by atoms with Crippen molar-refractivity contribution in [3.8, 4) is 0 Å². The number of hydrogen-bond acceptors (Lipinski definition) is 2. The smallest absolute Gasteiger partial charge is 0.454 e. The average molecular weight is 196 g/mol.